The van der Waals surface area contributed by atoms with Gasteiger partial charge in [0.1, 0.15) is 11.2 Å². The summed E-state index contributed by atoms with van der Waals surface area (Å²) in [5.41, 5.74) is 4.41. The number of nitrogens with one attached hydrogen (secondary N) is 3. The van der Waals surface area contributed by atoms with Crippen molar-refractivity contribution in [3.63, 3.8) is 0 Å². The monoisotopic (exact) mass is 655 g/mol. The quantitative estimate of drug-likeness (QED) is 0.146. The molecule has 3 N–H and O–H groups in total. The maximum atomic E-state index is 13.3. The van der Waals surface area contributed by atoms with Crippen LogP contribution in [0, 0.1) is 0 Å². The van der Waals surface area contributed by atoms with Gasteiger partial charge in [-0.05, 0) is 72.8 Å². The molecule has 2 amide bonds. The van der Waals surface area contributed by atoms with Crippen molar-refractivity contribution < 1.29 is 22.4 Å². The fraction of sp³-hybridized carbons (Fsp3) is 0. The van der Waals surface area contributed by atoms with Gasteiger partial charge >= 0.3 is 0 Å². The number of carbonyl (C=O) groups excluding carboxylic acids is 2. The lowest BCUT2D eigenvalue weighted by atomic mass is 10.1. The molecule has 0 aliphatic heterocycles. The number of aromatic nitrogens is 4. The third kappa shape index (κ3) is 5.88. The van der Waals surface area contributed by atoms with Gasteiger partial charge in [0.05, 0.1) is 11.2 Å². The maximum Gasteiger partial charge on any atom is 0.269 e. The summed E-state index contributed by atoms with van der Waals surface area (Å²) in [6.45, 7) is 3.42. The van der Waals surface area contributed by atoms with E-state index in [1.54, 1.807) is 91.1 Å². The van der Waals surface area contributed by atoms with Crippen LogP contribution in [-0.2, 0) is 14.8 Å². The zero-order valence-electron chi connectivity index (χ0n) is 25.0. The van der Waals surface area contributed by atoms with E-state index in [0.29, 0.717) is 50.4 Å². The largest absolute Gasteiger partial charge is 0.460 e. The first-order valence-electron chi connectivity index (χ1n) is 14.5. The highest BCUT2D eigenvalue weighted by atomic mass is 32.2. The van der Waals surface area contributed by atoms with Crippen LogP contribution < -0.4 is 16.0 Å². The van der Waals surface area contributed by atoms with E-state index in [4.69, 9.17) is 9.40 Å². The molecule has 0 atom stereocenters. The number of benzene rings is 3. The summed E-state index contributed by atoms with van der Waals surface area (Å²) in [5.74, 6) is -0.409. The van der Waals surface area contributed by atoms with Crippen LogP contribution >= 0.6 is 0 Å². The number of amides is 2. The maximum absolute atomic E-state index is 13.3. The SMILES string of the molecule is C=CC(=O)Nc1ccc(C(=O)Nc2cccc(Nc3nc(-c4cnc5c(ccn5S(=O)(=O)c5ccccc5)c4)c4occc4n3)c2)cc1. The molecule has 0 unspecified atom stereocenters. The molecule has 0 aliphatic rings. The second-order valence-corrected chi connectivity index (χ2v) is 12.3. The molecular weight excluding hydrogens is 630 g/mol. The van der Waals surface area contributed by atoms with Crippen molar-refractivity contribution in [2.75, 3.05) is 16.0 Å². The number of nitrogens with zero attached hydrogens (tertiary/aromatic N) is 4. The first-order valence-corrected chi connectivity index (χ1v) is 16.0. The summed E-state index contributed by atoms with van der Waals surface area (Å²) in [7, 11) is -3.84. The van der Waals surface area contributed by atoms with Gasteiger partial charge in [0, 0.05) is 52.0 Å². The van der Waals surface area contributed by atoms with Gasteiger partial charge in [0.2, 0.25) is 11.9 Å². The molecule has 13 heteroatoms. The molecule has 48 heavy (non-hydrogen) atoms. The van der Waals surface area contributed by atoms with Gasteiger partial charge in [-0.25, -0.2) is 27.3 Å². The van der Waals surface area contributed by atoms with E-state index >= 15 is 0 Å². The molecule has 4 aromatic heterocycles. The summed E-state index contributed by atoms with van der Waals surface area (Å²) in [6, 6.07) is 26.9. The van der Waals surface area contributed by atoms with Gasteiger partial charge in [-0.3, -0.25) is 9.59 Å². The molecular formula is C35H25N7O5S. The smallest absolute Gasteiger partial charge is 0.269 e. The van der Waals surface area contributed by atoms with Crippen molar-refractivity contribution in [3.05, 3.63) is 134 Å². The lowest BCUT2D eigenvalue weighted by molar-refractivity contribution is -0.111. The van der Waals surface area contributed by atoms with Crippen LogP contribution in [-0.4, -0.2) is 39.2 Å². The number of carbonyl (C=O) groups is 2. The summed E-state index contributed by atoms with van der Waals surface area (Å²) in [5, 5.41) is 9.30. The third-order valence-corrected chi connectivity index (χ3v) is 9.03. The zero-order chi connectivity index (χ0) is 33.3. The Morgan fingerprint density at radius 2 is 1.62 bits per heavy atom. The van der Waals surface area contributed by atoms with Crippen LogP contribution in [0.1, 0.15) is 10.4 Å². The van der Waals surface area contributed by atoms with Crippen LogP contribution in [0.3, 0.4) is 0 Å². The number of fused-ring (bicyclic) bond motifs is 2. The van der Waals surface area contributed by atoms with E-state index in [0.717, 1.165) is 3.97 Å². The van der Waals surface area contributed by atoms with Gasteiger partial charge in [0.25, 0.3) is 15.9 Å². The average Bonchev–Trinajstić information content (AvgIpc) is 3.76. The van der Waals surface area contributed by atoms with Crippen LogP contribution in [0.2, 0.25) is 0 Å². The number of hydrogen-bond donors (Lipinski definition) is 3. The Hall–Kier alpha value is -6.60. The fourth-order valence-electron chi connectivity index (χ4n) is 5.05. The minimum Gasteiger partial charge on any atom is -0.460 e. The topological polar surface area (TPSA) is 161 Å². The summed E-state index contributed by atoms with van der Waals surface area (Å²) in [4.78, 5) is 38.4. The summed E-state index contributed by atoms with van der Waals surface area (Å²) in [6.07, 6.45) is 5.70. The molecule has 0 saturated carbocycles. The van der Waals surface area contributed by atoms with E-state index in [2.05, 4.69) is 32.5 Å². The second-order valence-electron chi connectivity index (χ2n) is 10.5. The van der Waals surface area contributed by atoms with Crippen molar-refractivity contribution >= 4 is 67.0 Å². The van der Waals surface area contributed by atoms with Crippen LogP contribution in [0.25, 0.3) is 33.4 Å². The van der Waals surface area contributed by atoms with Crippen molar-refractivity contribution in [2.45, 2.75) is 4.90 Å². The first-order chi connectivity index (χ1) is 23.3. The van der Waals surface area contributed by atoms with E-state index in [9.17, 15) is 18.0 Å². The highest BCUT2D eigenvalue weighted by molar-refractivity contribution is 7.90. The summed E-state index contributed by atoms with van der Waals surface area (Å²) < 4.78 is 33.4. The Balaban J connectivity index is 1.14. The van der Waals surface area contributed by atoms with Crippen molar-refractivity contribution in [2.24, 2.45) is 0 Å². The predicted molar refractivity (Wildman–Crippen MR) is 183 cm³/mol. The van der Waals surface area contributed by atoms with E-state index in [-0.39, 0.29) is 28.3 Å². The Morgan fingerprint density at radius 1 is 0.833 bits per heavy atom. The van der Waals surface area contributed by atoms with Gasteiger partial charge in [-0.2, -0.15) is 0 Å². The molecule has 0 saturated heterocycles. The minimum atomic E-state index is -3.84. The molecule has 0 radical (unpaired) electrons. The van der Waals surface area contributed by atoms with Gasteiger partial charge in [0.15, 0.2) is 11.2 Å². The number of hydrogen-bond acceptors (Lipinski definition) is 9. The van der Waals surface area contributed by atoms with Crippen molar-refractivity contribution in [1.29, 1.82) is 0 Å². The standard InChI is InChI=1S/C35H25N7O5S/c1-2-30(43)37-25-13-11-22(12-14-25)34(44)38-26-7-6-8-27(20-26)39-35-40-29-16-18-47-32(29)31(41-35)24-19-23-15-17-42(33(23)36-21-24)48(45,46)28-9-4-3-5-10-28/h2-21H,1H2,(H,37,43)(H,38,44)(H,39,40,41). The molecule has 12 nitrogen and oxygen atoms in total. The van der Waals surface area contributed by atoms with Gasteiger partial charge in [-0.15, -0.1) is 0 Å². The first kappa shape index (κ1) is 30.1. The Bertz CT molecular complexity index is 2460. The highest BCUT2D eigenvalue weighted by Crippen LogP contribution is 2.31. The van der Waals surface area contributed by atoms with Crippen molar-refractivity contribution in [3.8, 4) is 11.3 Å². The molecule has 3 aromatic carbocycles. The van der Waals surface area contributed by atoms with Gasteiger partial charge < -0.3 is 20.4 Å². The normalized spacial score (nSPS) is 11.3. The molecule has 7 aromatic rings. The van der Waals surface area contributed by atoms with Gasteiger partial charge in [-0.1, -0.05) is 30.8 Å². The second kappa shape index (κ2) is 12.3. The highest BCUT2D eigenvalue weighted by Gasteiger charge is 2.21. The predicted octanol–water partition coefficient (Wildman–Crippen LogP) is 6.60. The molecule has 0 bridgehead atoms. The lowest BCUT2D eigenvalue weighted by Gasteiger charge is -2.11. The Kier molecular flexibility index (Phi) is 7.71. The molecule has 0 spiro atoms. The summed E-state index contributed by atoms with van der Waals surface area (Å²) >= 11 is 0. The zero-order valence-corrected chi connectivity index (χ0v) is 25.8. The average molecular weight is 656 g/mol. The van der Waals surface area contributed by atoms with E-state index in [1.165, 1.54) is 30.7 Å². The molecule has 7 rings (SSSR count). The van der Waals surface area contributed by atoms with E-state index in [1.807, 2.05) is 0 Å². The van der Waals surface area contributed by atoms with Crippen LogP contribution in [0.5, 0.6) is 0 Å². The number of rotatable bonds is 9. The molecule has 4 heterocycles. The van der Waals surface area contributed by atoms with Crippen LogP contribution in [0.15, 0.2) is 138 Å². The van der Waals surface area contributed by atoms with E-state index < -0.39 is 10.0 Å². The Morgan fingerprint density at radius 3 is 2.42 bits per heavy atom. The fourth-order valence-corrected chi connectivity index (χ4v) is 6.38. The number of furan rings is 1. The lowest BCUT2D eigenvalue weighted by Crippen LogP contribution is -2.12. The molecule has 236 valence electrons. The van der Waals surface area contributed by atoms with Crippen molar-refractivity contribution in [1.82, 2.24) is 18.9 Å². The molecule has 0 fully saturated rings. The molecule has 0 aliphatic carbocycles. The Labute approximate surface area is 273 Å². The minimum absolute atomic E-state index is 0.158. The third-order valence-electron chi connectivity index (χ3n) is 7.35. The number of anilines is 4. The number of pyridine rings is 1. The van der Waals surface area contributed by atoms with Crippen LogP contribution in [0.4, 0.5) is 23.0 Å².